The summed E-state index contributed by atoms with van der Waals surface area (Å²) in [5.41, 5.74) is 4.27. The number of aromatic nitrogens is 2. The molecule has 0 spiro atoms. The van der Waals surface area contributed by atoms with Gasteiger partial charge in [0.1, 0.15) is 19.3 Å². The Hall–Kier alpha value is -4.27. The second-order valence-electron chi connectivity index (χ2n) is 7.05. The average molecular weight is 466 g/mol. The van der Waals surface area contributed by atoms with Gasteiger partial charge < -0.3 is 19.2 Å². The predicted octanol–water partition coefficient (Wildman–Crippen LogP) is 4.48. The van der Waals surface area contributed by atoms with Crippen LogP contribution in [0.2, 0.25) is 0 Å². The van der Waals surface area contributed by atoms with E-state index in [0.717, 1.165) is 22.6 Å². The van der Waals surface area contributed by atoms with Crippen molar-refractivity contribution in [2.24, 2.45) is 17.3 Å². The summed E-state index contributed by atoms with van der Waals surface area (Å²) in [6, 6.07) is 17.5. The van der Waals surface area contributed by atoms with Crippen LogP contribution in [0, 0.1) is 13.8 Å². The molecule has 3 aromatic rings. The topological polar surface area (TPSA) is 98.3 Å². The van der Waals surface area contributed by atoms with Gasteiger partial charge in [0.05, 0.1) is 18.5 Å². The molecule has 0 atom stereocenters. The Morgan fingerprint density at radius 2 is 1.53 bits per heavy atom. The van der Waals surface area contributed by atoms with Crippen molar-refractivity contribution in [3.8, 4) is 5.69 Å². The summed E-state index contributed by atoms with van der Waals surface area (Å²) >= 11 is 0. The average Bonchev–Trinajstić information content (AvgIpc) is 3.08. The van der Waals surface area contributed by atoms with Gasteiger partial charge in [-0.1, -0.05) is 36.4 Å². The van der Waals surface area contributed by atoms with Crippen LogP contribution in [0.25, 0.3) is 5.69 Å². The van der Waals surface area contributed by atoms with Crippen LogP contribution < -0.4 is 10.5 Å². The maximum Gasteiger partial charge on any atom is 0.299 e. The number of nitrogens with zero attached hydrogens (tertiary/aromatic N) is 5. The number of rotatable bonds is 6. The quantitative estimate of drug-likeness (QED) is 0.395. The fourth-order valence-electron chi connectivity index (χ4n) is 3.41. The zero-order chi connectivity index (χ0) is 25.8. The SMILES string of the molecule is C=O.C=O.CO/C(=C(/C)N=Nc1c(C)n(C)n(-c2ccccc2)c1=O)N(C)c1ccccc1C. The molecule has 0 radical (unpaired) electrons. The Balaban J connectivity index is 0.00000137. The number of carbonyl (C=O) groups excluding carboxylic acids is 2. The summed E-state index contributed by atoms with van der Waals surface area (Å²) in [4.78, 5) is 30.9. The van der Waals surface area contributed by atoms with E-state index >= 15 is 0 Å². The second-order valence-corrected chi connectivity index (χ2v) is 7.05. The van der Waals surface area contributed by atoms with Gasteiger partial charge >= 0.3 is 0 Å². The zero-order valence-corrected chi connectivity index (χ0v) is 20.5. The predicted molar refractivity (Wildman–Crippen MR) is 134 cm³/mol. The molecule has 0 amide bonds. The van der Waals surface area contributed by atoms with E-state index in [4.69, 9.17) is 14.3 Å². The molecule has 0 saturated carbocycles. The molecule has 2 aromatic carbocycles. The number of benzene rings is 2. The van der Waals surface area contributed by atoms with Gasteiger partial charge in [0, 0.05) is 19.8 Å². The highest BCUT2D eigenvalue weighted by atomic mass is 16.5. The molecule has 0 aliphatic heterocycles. The summed E-state index contributed by atoms with van der Waals surface area (Å²) in [5, 5.41) is 8.61. The lowest BCUT2D eigenvalue weighted by Gasteiger charge is -2.23. The number of aryl methyl sites for hydroxylation is 1. The molecule has 0 aliphatic carbocycles. The molecule has 0 fully saturated rings. The Morgan fingerprint density at radius 1 is 0.971 bits per heavy atom. The van der Waals surface area contributed by atoms with Crippen molar-refractivity contribution < 1.29 is 14.3 Å². The third-order valence-electron chi connectivity index (χ3n) is 5.11. The first kappa shape index (κ1) is 27.8. The summed E-state index contributed by atoms with van der Waals surface area (Å²) in [6.07, 6.45) is 0. The third kappa shape index (κ3) is 5.94. The van der Waals surface area contributed by atoms with E-state index in [9.17, 15) is 4.79 Å². The van der Waals surface area contributed by atoms with Crippen LogP contribution in [0.5, 0.6) is 0 Å². The van der Waals surface area contributed by atoms with Crippen molar-refractivity contribution in [2.75, 3.05) is 19.1 Å². The number of anilines is 1. The molecule has 1 aromatic heterocycles. The Kier molecular flexibility index (Phi) is 10.9. The number of carbonyl (C=O) groups is 2. The fraction of sp³-hybridized carbons (Fsp3) is 0.240. The normalized spacial score (nSPS) is 11.0. The van der Waals surface area contributed by atoms with Crippen molar-refractivity contribution >= 4 is 25.0 Å². The molecule has 0 aliphatic rings. The van der Waals surface area contributed by atoms with Gasteiger partial charge in [-0.15, -0.1) is 10.2 Å². The number of hydrogen-bond acceptors (Lipinski definition) is 7. The van der Waals surface area contributed by atoms with Crippen LogP contribution in [0.15, 0.2) is 81.2 Å². The van der Waals surface area contributed by atoms with E-state index in [2.05, 4.69) is 10.2 Å². The number of azo groups is 1. The number of para-hydroxylation sites is 2. The lowest BCUT2D eigenvalue weighted by Crippen LogP contribution is -2.20. The monoisotopic (exact) mass is 465 g/mol. The van der Waals surface area contributed by atoms with Crippen LogP contribution in [0.1, 0.15) is 18.2 Å². The summed E-state index contributed by atoms with van der Waals surface area (Å²) in [5.74, 6) is 0.560. The van der Waals surface area contributed by atoms with Gasteiger partial charge in [-0.2, -0.15) is 0 Å². The molecule has 0 unspecified atom stereocenters. The van der Waals surface area contributed by atoms with Gasteiger partial charge in [0.15, 0.2) is 5.69 Å². The molecule has 1 heterocycles. The Bertz CT molecular complexity index is 1190. The highest BCUT2D eigenvalue weighted by Gasteiger charge is 2.17. The van der Waals surface area contributed by atoms with Crippen molar-refractivity contribution in [2.45, 2.75) is 20.8 Å². The highest BCUT2D eigenvalue weighted by molar-refractivity contribution is 5.56. The first-order chi connectivity index (χ1) is 16.4. The molecule has 0 bridgehead atoms. The van der Waals surface area contributed by atoms with Crippen molar-refractivity contribution in [3.63, 3.8) is 0 Å². The van der Waals surface area contributed by atoms with Crippen molar-refractivity contribution in [3.05, 3.63) is 87.8 Å². The van der Waals surface area contributed by atoms with E-state index in [1.807, 2.05) is 108 Å². The third-order valence-corrected chi connectivity index (χ3v) is 5.11. The van der Waals surface area contributed by atoms with Crippen LogP contribution >= 0.6 is 0 Å². The maximum absolute atomic E-state index is 13.0. The highest BCUT2D eigenvalue weighted by Crippen LogP contribution is 2.25. The first-order valence-electron chi connectivity index (χ1n) is 10.2. The van der Waals surface area contributed by atoms with Crippen LogP contribution in [0.4, 0.5) is 11.4 Å². The van der Waals surface area contributed by atoms with Crippen molar-refractivity contribution in [1.82, 2.24) is 9.36 Å². The molecule has 3 rings (SSSR count). The number of hydrogen-bond donors (Lipinski definition) is 0. The minimum Gasteiger partial charge on any atom is -0.481 e. The summed E-state index contributed by atoms with van der Waals surface area (Å²) < 4.78 is 8.96. The van der Waals surface area contributed by atoms with E-state index in [0.29, 0.717) is 17.3 Å². The van der Waals surface area contributed by atoms with Gasteiger partial charge in [-0.25, -0.2) is 4.68 Å². The smallest absolute Gasteiger partial charge is 0.299 e. The molecule has 180 valence electrons. The van der Waals surface area contributed by atoms with Gasteiger partial charge in [0.25, 0.3) is 5.56 Å². The number of ether oxygens (including phenoxy) is 1. The van der Waals surface area contributed by atoms with Crippen LogP contribution in [-0.2, 0) is 21.4 Å². The van der Waals surface area contributed by atoms with E-state index in [1.165, 1.54) is 0 Å². The molecular formula is C25H31N5O4. The lowest BCUT2D eigenvalue weighted by atomic mass is 10.2. The van der Waals surface area contributed by atoms with Crippen molar-refractivity contribution in [1.29, 1.82) is 0 Å². The maximum atomic E-state index is 13.0. The van der Waals surface area contributed by atoms with E-state index in [1.54, 1.807) is 16.5 Å². The van der Waals surface area contributed by atoms with Gasteiger partial charge in [-0.3, -0.25) is 9.48 Å². The number of allylic oxidation sites excluding steroid dienone is 1. The van der Waals surface area contributed by atoms with Crippen LogP contribution in [0.3, 0.4) is 0 Å². The molecule has 9 heteroatoms. The zero-order valence-electron chi connectivity index (χ0n) is 20.5. The van der Waals surface area contributed by atoms with E-state index < -0.39 is 0 Å². The lowest BCUT2D eigenvalue weighted by molar-refractivity contribution is -0.0987. The van der Waals surface area contributed by atoms with Gasteiger partial charge in [0.2, 0.25) is 5.88 Å². The molecule has 0 saturated heterocycles. The minimum atomic E-state index is -0.219. The molecular weight excluding hydrogens is 434 g/mol. The molecule has 34 heavy (non-hydrogen) atoms. The van der Waals surface area contributed by atoms with E-state index in [-0.39, 0.29) is 5.56 Å². The Morgan fingerprint density at radius 3 is 2.09 bits per heavy atom. The fourth-order valence-corrected chi connectivity index (χ4v) is 3.41. The first-order valence-corrected chi connectivity index (χ1v) is 10.2. The summed E-state index contributed by atoms with van der Waals surface area (Å²) in [6.45, 7) is 9.70. The summed E-state index contributed by atoms with van der Waals surface area (Å²) in [7, 11) is 5.34. The van der Waals surface area contributed by atoms with Crippen LogP contribution in [-0.4, -0.2) is 37.1 Å². The second kappa shape index (κ2) is 13.3. The Labute approximate surface area is 199 Å². The van der Waals surface area contributed by atoms with Gasteiger partial charge in [-0.05, 0) is 44.5 Å². The molecule has 0 N–H and O–H groups in total. The largest absolute Gasteiger partial charge is 0.481 e. The standard InChI is InChI=1S/C23H27N5O2.2CH2O/c1-16-12-10-11-15-20(16)26(4)23(30-6)17(2)24-25-21-18(3)27(5)28(22(21)29)19-13-8-7-9-14-19;2*1-2/h7-15H,1-6H3;2*1H2/b23-17-,25-24?;;. The molecule has 9 nitrogen and oxygen atoms in total. The minimum absolute atomic E-state index is 0.219. The number of methoxy groups -OCH3 is 1.